The Morgan fingerprint density at radius 1 is 1.08 bits per heavy atom. The van der Waals surface area contributed by atoms with Gasteiger partial charge in [0.2, 0.25) is 5.91 Å². The first-order valence-electron chi connectivity index (χ1n) is 7.21. The fraction of sp³-hybridized carbons (Fsp3) is 0. The lowest BCUT2D eigenvalue weighted by Crippen LogP contribution is -2.07. The second-order valence-corrected chi connectivity index (χ2v) is 5.05. The Bertz CT molecular complexity index is 928. The first-order valence-corrected chi connectivity index (χ1v) is 7.21. The molecule has 1 N–H and O–H groups in total. The number of aromatic nitrogens is 1. The van der Waals surface area contributed by atoms with Gasteiger partial charge < -0.3 is 5.32 Å². The van der Waals surface area contributed by atoms with Gasteiger partial charge in [0.25, 0.3) is 5.69 Å². The fourth-order valence-corrected chi connectivity index (χ4v) is 2.28. The van der Waals surface area contributed by atoms with Gasteiger partial charge in [-0.15, -0.1) is 0 Å². The number of nitrogens with one attached hydrogen (secondary N) is 1. The molecule has 0 bridgehead atoms. The van der Waals surface area contributed by atoms with Crippen LogP contribution in [0.25, 0.3) is 17.0 Å². The summed E-state index contributed by atoms with van der Waals surface area (Å²) in [5.74, 6) is -0.322. The molecule has 6 heteroatoms. The van der Waals surface area contributed by atoms with Crippen molar-refractivity contribution in [2.24, 2.45) is 0 Å². The lowest BCUT2D eigenvalue weighted by atomic mass is 10.1. The van der Waals surface area contributed by atoms with E-state index >= 15 is 0 Å². The Morgan fingerprint density at radius 2 is 1.83 bits per heavy atom. The Hall–Kier alpha value is -3.54. The second-order valence-electron chi connectivity index (χ2n) is 5.05. The maximum atomic E-state index is 12.0. The van der Waals surface area contributed by atoms with Crippen LogP contribution < -0.4 is 5.32 Å². The predicted molar refractivity (Wildman–Crippen MR) is 92.5 cm³/mol. The van der Waals surface area contributed by atoms with Gasteiger partial charge in [-0.25, -0.2) is 0 Å². The van der Waals surface area contributed by atoms with Crippen molar-refractivity contribution in [1.29, 1.82) is 0 Å². The summed E-state index contributed by atoms with van der Waals surface area (Å²) in [4.78, 5) is 26.4. The number of nitro groups is 1. The molecule has 0 spiro atoms. The molecule has 0 fully saturated rings. The number of carbonyl (C=O) groups excluding carboxylic acids is 1. The third-order valence-electron chi connectivity index (χ3n) is 3.42. The average Bonchev–Trinajstić information content (AvgIpc) is 2.60. The van der Waals surface area contributed by atoms with E-state index in [1.807, 2.05) is 30.3 Å². The number of rotatable bonds is 4. The van der Waals surface area contributed by atoms with Gasteiger partial charge in [0.1, 0.15) is 0 Å². The topological polar surface area (TPSA) is 85.1 Å². The van der Waals surface area contributed by atoms with Crippen molar-refractivity contribution >= 4 is 34.3 Å². The van der Waals surface area contributed by atoms with Crippen LogP contribution in [0, 0.1) is 10.1 Å². The van der Waals surface area contributed by atoms with Crippen molar-refractivity contribution in [3.05, 3.63) is 82.5 Å². The standard InChI is InChI=1S/C18H13N3O3/c22-17(20-15-7-9-16(10-8-15)21(23)24)11-6-14-4-1-3-13-5-2-12-19-18(13)14/h1-12H,(H,20,22)/b11-6+. The molecule has 1 amide bonds. The maximum Gasteiger partial charge on any atom is 0.269 e. The van der Waals surface area contributed by atoms with Crippen LogP contribution in [0.5, 0.6) is 0 Å². The van der Waals surface area contributed by atoms with Gasteiger partial charge in [-0.3, -0.25) is 19.9 Å². The molecule has 6 nitrogen and oxygen atoms in total. The highest BCUT2D eigenvalue weighted by Gasteiger charge is 2.05. The van der Waals surface area contributed by atoms with Gasteiger partial charge in [-0.1, -0.05) is 24.3 Å². The Labute approximate surface area is 137 Å². The molecular weight excluding hydrogens is 306 g/mol. The molecule has 1 heterocycles. The van der Waals surface area contributed by atoms with Crippen LogP contribution in [-0.4, -0.2) is 15.8 Å². The zero-order valence-electron chi connectivity index (χ0n) is 12.5. The third-order valence-corrected chi connectivity index (χ3v) is 3.42. The lowest BCUT2D eigenvalue weighted by Gasteiger charge is -2.02. The number of benzene rings is 2. The highest BCUT2D eigenvalue weighted by Crippen LogP contribution is 2.18. The molecule has 0 aliphatic rings. The normalized spacial score (nSPS) is 10.8. The van der Waals surface area contributed by atoms with E-state index < -0.39 is 4.92 Å². The van der Waals surface area contributed by atoms with Gasteiger partial charge in [-0.05, 0) is 24.3 Å². The smallest absolute Gasteiger partial charge is 0.269 e. The van der Waals surface area contributed by atoms with E-state index in [4.69, 9.17) is 0 Å². The minimum atomic E-state index is -0.487. The molecule has 3 aromatic rings. The van der Waals surface area contributed by atoms with E-state index in [0.717, 1.165) is 16.5 Å². The van der Waals surface area contributed by atoms with Crippen LogP contribution in [0.15, 0.2) is 66.9 Å². The van der Waals surface area contributed by atoms with Crippen LogP contribution in [0.2, 0.25) is 0 Å². The monoisotopic (exact) mass is 319 g/mol. The number of hydrogen-bond acceptors (Lipinski definition) is 4. The number of para-hydroxylation sites is 1. The van der Waals surface area contributed by atoms with E-state index in [0.29, 0.717) is 5.69 Å². The van der Waals surface area contributed by atoms with Crippen molar-refractivity contribution < 1.29 is 9.72 Å². The number of nitrogens with zero attached hydrogens (tertiary/aromatic N) is 2. The zero-order chi connectivity index (χ0) is 16.9. The summed E-state index contributed by atoms with van der Waals surface area (Å²) in [6, 6.07) is 15.2. The molecule has 118 valence electrons. The Balaban J connectivity index is 1.74. The zero-order valence-corrected chi connectivity index (χ0v) is 12.5. The quantitative estimate of drug-likeness (QED) is 0.450. The van der Waals surface area contributed by atoms with Gasteiger partial charge in [0, 0.05) is 41.0 Å². The number of non-ortho nitro benzene ring substituents is 1. The number of carbonyl (C=O) groups is 1. The molecule has 0 aliphatic heterocycles. The van der Waals surface area contributed by atoms with E-state index in [2.05, 4.69) is 10.3 Å². The summed E-state index contributed by atoms with van der Waals surface area (Å²) >= 11 is 0. The van der Waals surface area contributed by atoms with Gasteiger partial charge >= 0.3 is 0 Å². The van der Waals surface area contributed by atoms with Gasteiger partial charge in [-0.2, -0.15) is 0 Å². The third kappa shape index (κ3) is 3.44. The van der Waals surface area contributed by atoms with E-state index in [9.17, 15) is 14.9 Å². The van der Waals surface area contributed by atoms with Crippen LogP contribution in [-0.2, 0) is 4.79 Å². The van der Waals surface area contributed by atoms with Crippen molar-refractivity contribution in [2.45, 2.75) is 0 Å². The summed E-state index contributed by atoms with van der Waals surface area (Å²) in [6.45, 7) is 0. The summed E-state index contributed by atoms with van der Waals surface area (Å²) in [6.07, 6.45) is 4.80. The number of fused-ring (bicyclic) bond motifs is 1. The summed E-state index contributed by atoms with van der Waals surface area (Å²) < 4.78 is 0. The molecule has 1 aromatic heterocycles. The molecule has 0 saturated heterocycles. The largest absolute Gasteiger partial charge is 0.323 e. The minimum absolute atomic E-state index is 0.0228. The van der Waals surface area contributed by atoms with Gasteiger partial charge in [0.05, 0.1) is 10.4 Å². The predicted octanol–water partition coefficient (Wildman–Crippen LogP) is 3.79. The first-order chi connectivity index (χ1) is 11.6. The summed E-state index contributed by atoms with van der Waals surface area (Å²) in [7, 11) is 0. The van der Waals surface area contributed by atoms with E-state index in [1.54, 1.807) is 12.3 Å². The Morgan fingerprint density at radius 3 is 2.58 bits per heavy atom. The lowest BCUT2D eigenvalue weighted by molar-refractivity contribution is -0.384. The highest BCUT2D eigenvalue weighted by atomic mass is 16.6. The van der Waals surface area contributed by atoms with Crippen LogP contribution in [0.1, 0.15) is 5.56 Å². The number of hydrogen-bond donors (Lipinski definition) is 1. The van der Waals surface area contributed by atoms with Crippen molar-refractivity contribution in [3.8, 4) is 0 Å². The van der Waals surface area contributed by atoms with E-state index in [1.165, 1.54) is 30.3 Å². The van der Waals surface area contributed by atoms with Crippen molar-refractivity contribution in [1.82, 2.24) is 4.98 Å². The Kier molecular flexibility index (Phi) is 4.29. The number of amides is 1. The average molecular weight is 319 g/mol. The summed E-state index contributed by atoms with van der Waals surface area (Å²) in [5.41, 5.74) is 2.13. The number of pyridine rings is 1. The molecule has 3 rings (SSSR count). The fourth-order valence-electron chi connectivity index (χ4n) is 2.28. The maximum absolute atomic E-state index is 12.0. The van der Waals surface area contributed by atoms with Gasteiger partial charge in [0.15, 0.2) is 0 Å². The van der Waals surface area contributed by atoms with Crippen LogP contribution in [0.3, 0.4) is 0 Å². The van der Waals surface area contributed by atoms with Crippen LogP contribution >= 0.6 is 0 Å². The molecule has 2 aromatic carbocycles. The summed E-state index contributed by atoms with van der Waals surface area (Å²) in [5, 5.41) is 14.3. The van der Waals surface area contributed by atoms with Crippen LogP contribution in [0.4, 0.5) is 11.4 Å². The highest BCUT2D eigenvalue weighted by molar-refractivity contribution is 6.03. The molecule has 0 aliphatic carbocycles. The second kappa shape index (κ2) is 6.70. The molecule has 0 saturated carbocycles. The number of anilines is 1. The SMILES string of the molecule is O=C(/C=C/c1cccc2cccnc12)Nc1ccc([N+](=O)[O-])cc1. The molecular formula is C18H13N3O3. The van der Waals surface area contributed by atoms with Crippen molar-refractivity contribution in [3.63, 3.8) is 0 Å². The molecule has 0 unspecified atom stereocenters. The minimum Gasteiger partial charge on any atom is -0.323 e. The van der Waals surface area contributed by atoms with E-state index in [-0.39, 0.29) is 11.6 Å². The first kappa shape index (κ1) is 15.4. The van der Waals surface area contributed by atoms with Crippen molar-refractivity contribution in [2.75, 3.05) is 5.32 Å². The number of nitro benzene ring substituents is 1. The molecule has 0 radical (unpaired) electrons. The molecule has 0 atom stereocenters. The molecule has 24 heavy (non-hydrogen) atoms.